The Labute approximate surface area is 96.2 Å². The van der Waals surface area contributed by atoms with E-state index in [2.05, 4.69) is 42.0 Å². The molecule has 14 heavy (non-hydrogen) atoms. The Bertz CT molecular complexity index is 186. The molecule has 0 aromatic heterocycles. The van der Waals surface area contributed by atoms with Crippen LogP contribution in [0.3, 0.4) is 0 Å². The van der Waals surface area contributed by atoms with Crippen LogP contribution in [-0.2, 0) is 0 Å². The van der Waals surface area contributed by atoms with Crippen LogP contribution in [0.25, 0.3) is 0 Å². The summed E-state index contributed by atoms with van der Waals surface area (Å²) >= 11 is 4.18. The molecule has 0 radical (unpaired) electrons. The van der Waals surface area contributed by atoms with Crippen LogP contribution in [0.15, 0.2) is 0 Å². The average molecular weight is 231 g/mol. The van der Waals surface area contributed by atoms with Gasteiger partial charge in [-0.2, -0.15) is 23.5 Å². The first-order valence-electron chi connectivity index (χ1n) is 5.71. The number of rotatable bonds is 3. The minimum Gasteiger partial charge on any atom is -0.309 e. The van der Waals surface area contributed by atoms with Gasteiger partial charge >= 0.3 is 0 Å². The molecule has 1 aliphatic carbocycles. The molecule has 2 aliphatic rings. The van der Waals surface area contributed by atoms with Crippen molar-refractivity contribution in [1.82, 2.24) is 5.32 Å². The highest BCUT2D eigenvalue weighted by atomic mass is 32.2. The van der Waals surface area contributed by atoms with Crippen LogP contribution >= 0.6 is 23.5 Å². The summed E-state index contributed by atoms with van der Waals surface area (Å²) < 4.78 is 0. The van der Waals surface area contributed by atoms with E-state index in [-0.39, 0.29) is 0 Å². The quantitative estimate of drug-likeness (QED) is 0.802. The van der Waals surface area contributed by atoms with Crippen molar-refractivity contribution in [2.24, 2.45) is 0 Å². The second kappa shape index (κ2) is 5.13. The molecule has 1 N–H and O–H groups in total. The van der Waals surface area contributed by atoms with Crippen LogP contribution in [0.2, 0.25) is 0 Å². The van der Waals surface area contributed by atoms with Crippen LogP contribution in [-0.4, -0.2) is 34.6 Å². The largest absolute Gasteiger partial charge is 0.309 e. The predicted molar refractivity (Wildman–Crippen MR) is 68.4 cm³/mol. The van der Waals surface area contributed by atoms with E-state index in [0.29, 0.717) is 0 Å². The van der Waals surface area contributed by atoms with Gasteiger partial charge in [0.05, 0.1) is 0 Å². The summed E-state index contributed by atoms with van der Waals surface area (Å²) in [6.45, 7) is 2.37. The maximum atomic E-state index is 3.89. The van der Waals surface area contributed by atoms with Crippen LogP contribution in [0.1, 0.15) is 32.6 Å². The standard InChI is InChI=1S/C11H21NS2/c1-8-9(6-7-14-8)12-10-4-3-5-11(10)13-2/h8-12H,3-7H2,1-2H3. The minimum absolute atomic E-state index is 0.790. The molecule has 3 heteroatoms. The molecular weight excluding hydrogens is 210 g/mol. The third-order valence-corrected chi connectivity index (χ3v) is 6.06. The first-order valence-corrected chi connectivity index (χ1v) is 8.05. The van der Waals surface area contributed by atoms with Gasteiger partial charge in [0, 0.05) is 22.6 Å². The van der Waals surface area contributed by atoms with Crippen molar-refractivity contribution < 1.29 is 0 Å². The molecule has 4 atom stereocenters. The molecule has 1 nitrogen and oxygen atoms in total. The molecule has 1 heterocycles. The Morgan fingerprint density at radius 3 is 2.71 bits per heavy atom. The van der Waals surface area contributed by atoms with Crippen molar-refractivity contribution in [3.63, 3.8) is 0 Å². The molecule has 1 saturated heterocycles. The van der Waals surface area contributed by atoms with Gasteiger partial charge in [-0.15, -0.1) is 0 Å². The number of thioether (sulfide) groups is 2. The van der Waals surface area contributed by atoms with Gasteiger partial charge in [-0.05, 0) is 31.3 Å². The normalized spacial score (nSPS) is 43.3. The molecular formula is C11H21NS2. The zero-order chi connectivity index (χ0) is 9.97. The molecule has 2 fully saturated rings. The van der Waals surface area contributed by atoms with Crippen molar-refractivity contribution in [3.8, 4) is 0 Å². The van der Waals surface area contributed by atoms with Gasteiger partial charge in [-0.25, -0.2) is 0 Å². The van der Waals surface area contributed by atoms with Crippen LogP contribution in [0.5, 0.6) is 0 Å². The monoisotopic (exact) mass is 231 g/mol. The summed E-state index contributed by atoms with van der Waals surface area (Å²) in [6.07, 6.45) is 7.89. The van der Waals surface area contributed by atoms with Crippen molar-refractivity contribution >= 4 is 23.5 Å². The van der Waals surface area contributed by atoms with E-state index in [1.165, 1.54) is 31.4 Å². The van der Waals surface area contributed by atoms with Crippen molar-refractivity contribution in [1.29, 1.82) is 0 Å². The van der Waals surface area contributed by atoms with Crippen LogP contribution in [0, 0.1) is 0 Å². The first-order chi connectivity index (χ1) is 6.81. The average Bonchev–Trinajstić information content (AvgIpc) is 2.77. The molecule has 0 amide bonds. The number of hydrogen-bond acceptors (Lipinski definition) is 3. The lowest BCUT2D eigenvalue weighted by Gasteiger charge is -2.25. The molecule has 4 unspecified atom stereocenters. The molecule has 2 rings (SSSR count). The summed E-state index contributed by atoms with van der Waals surface area (Å²) in [5, 5.41) is 5.60. The lowest BCUT2D eigenvalue weighted by atomic mass is 10.1. The Morgan fingerprint density at radius 2 is 2.07 bits per heavy atom. The zero-order valence-electron chi connectivity index (χ0n) is 9.16. The summed E-state index contributed by atoms with van der Waals surface area (Å²) in [5.74, 6) is 1.36. The maximum Gasteiger partial charge on any atom is 0.0198 e. The van der Waals surface area contributed by atoms with E-state index in [1.54, 1.807) is 0 Å². The number of nitrogens with one attached hydrogen (secondary N) is 1. The van der Waals surface area contributed by atoms with E-state index >= 15 is 0 Å². The fraction of sp³-hybridized carbons (Fsp3) is 1.00. The van der Waals surface area contributed by atoms with Gasteiger partial charge < -0.3 is 5.32 Å². The number of hydrogen-bond donors (Lipinski definition) is 1. The molecule has 82 valence electrons. The van der Waals surface area contributed by atoms with E-state index < -0.39 is 0 Å². The Hall–Kier alpha value is 0.660. The van der Waals surface area contributed by atoms with E-state index in [4.69, 9.17) is 0 Å². The van der Waals surface area contributed by atoms with Crippen LogP contribution < -0.4 is 5.32 Å². The summed E-state index contributed by atoms with van der Waals surface area (Å²) in [6, 6.07) is 1.59. The lowest BCUT2D eigenvalue weighted by molar-refractivity contribution is 0.434. The van der Waals surface area contributed by atoms with E-state index in [1.807, 2.05) is 0 Å². The van der Waals surface area contributed by atoms with Gasteiger partial charge in [0.25, 0.3) is 0 Å². The Balaban J connectivity index is 1.83. The maximum absolute atomic E-state index is 3.89. The zero-order valence-corrected chi connectivity index (χ0v) is 10.8. The highest BCUT2D eigenvalue weighted by Gasteiger charge is 2.31. The van der Waals surface area contributed by atoms with Crippen molar-refractivity contribution in [3.05, 3.63) is 0 Å². The summed E-state index contributed by atoms with van der Waals surface area (Å²) in [4.78, 5) is 0. The molecule has 0 aromatic rings. The summed E-state index contributed by atoms with van der Waals surface area (Å²) in [5.41, 5.74) is 0. The molecule has 0 spiro atoms. The molecule has 1 saturated carbocycles. The minimum atomic E-state index is 0.790. The fourth-order valence-corrected chi connectivity index (χ4v) is 4.78. The topological polar surface area (TPSA) is 12.0 Å². The Kier molecular flexibility index (Phi) is 4.09. The van der Waals surface area contributed by atoms with Gasteiger partial charge in [-0.3, -0.25) is 0 Å². The van der Waals surface area contributed by atoms with Gasteiger partial charge in [0.1, 0.15) is 0 Å². The lowest BCUT2D eigenvalue weighted by Crippen LogP contribution is -2.44. The van der Waals surface area contributed by atoms with Crippen molar-refractivity contribution in [2.75, 3.05) is 12.0 Å². The van der Waals surface area contributed by atoms with Crippen molar-refractivity contribution in [2.45, 2.75) is 55.2 Å². The third-order valence-electron chi connectivity index (χ3n) is 3.56. The smallest absolute Gasteiger partial charge is 0.0198 e. The second-order valence-electron chi connectivity index (χ2n) is 4.45. The fourth-order valence-electron chi connectivity index (χ4n) is 2.62. The molecule has 0 bridgehead atoms. The van der Waals surface area contributed by atoms with Crippen LogP contribution in [0.4, 0.5) is 0 Å². The third kappa shape index (κ3) is 2.42. The van der Waals surface area contributed by atoms with E-state index in [0.717, 1.165) is 22.6 Å². The van der Waals surface area contributed by atoms with Gasteiger partial charge in [-0.1, -0.05) is 13.3 Å². The molecule has 0 aromatic carbocycles. The summed E-state index contributed by atoms with van der Waals surface area (Å²) in [7, 11) is 0. The second-order valence-corrected chi connectivity index (χ2v) is 7.01. The van der Waals surface area contributed by atoms with E-state index in [9.17, 15) is 0 Å². The highest BCUT2D eigenvalue weighted by molar-refractivity contribution is 8.00. The van der Waals surface area contributed by atoms with Gasteiger partial charge in [0.2, 0.25) is 0 Å². The molecule has 1 aliphatic heterocycles. The Morgan fingerprint density at radius 1 is 1.21 bits per heavy atom. The highest BCUT2D eigenvalue weighted by Crippen LogP contribution is 2.32. The SMILES string of the molecule is CSC1CCCC1NC1CCSC1C. The first kappa shape index (κ1) is 11.2. The predicted octanol–water partition coefficient (Wildman–Crippen LogP) is 2.75. The van der Waals surface area contributed by atoms with Gasteiger partial charge in [0.15, 0.2) is 0 Å².